The Balaban J connectivity index is 1.19. The number of aliphatic hydroxyl groups is 1. The van der Waals surface area contributed by atoms with Crippen molar-refractivity contribution in [1.29, 1.82) is 0 Å². The van der Waals surface area contributed by atoms with Crippen LogP contribution in [-0.4, -0.2) is 111 Å². The van der Waals surface area contributed by atoms with Crippen LogP contribution in [0.15, 0.2) is 35.8 Å². The van der Waals surface area contributed by atoms with Gasteiger partial charge < -0.3 is 31.3 Å². The van der Waals surface area contributed by atoms with Crippen molar-refractivity contribution in [3.8, 4) is 10.4 Å². The molecule has 15 heteroatoms. The number of nitrogen functional groups attached to an aromatic ring is 1. The fourth-order valence-electron chi connectivity index (χ4n) is 6.53. The van der Waals surface area contributed by atoms with Gasteiger partial charge in [-0.1, -0.05) is 52.0 Å². The number of likely N-dealkylation sites (tertiary alicyclic amines) is 1. The molecule has 51 heavy (non-hydrogen) atoms. The lowest BCUT2D eigenvalue weighted by atomic mass is 9.85. The van der Waals surface area contributed by atoms with Crippen LogP contribution >= 0.6 is 11.3 Å². The lowest BCUT2D eigenvalue weighted by Crippen LogP contribution is -2.59. The standard InChI is InChI=1S/C36H49N9O5S/c1-7-29(47)26-17-27(33(37)42-41-26)44-14-12-43(13-15-44)19-30(48)40-32(36(4,5)6)35(50)45-18-25(46)16-28(45)34(49)39-21(2)23-8-10-24(11-9-23)31-22(3)38-20-51-31/h8-11,17,20-21,25,28,32,46H,7,12-16,18-19H2,1-6H3,(H2,37,42)(H,39,49)(H,40,48)/t21-,25+,28-,32+/m0/s1. The number of anilines is 2. The number of rotatable bonds is 11. The maximum atomic E-state index is 14.1. The molecule has 0 bridgehead atoms. The van der Waals surface area contributed by atoms with E-state index in [1.807, 2.05) is 74.2 Å². The van der Waals surface area contributed by atoms with Gasteiger partial charge in [-0.15, -0.1) is 21.5 Å². The minimum absolute atomic E-state index is 0.00281. The number of β-amino-alcohol motifs (C(OH)–C–C–N with tert-alkyl or cyclic N) is 1. The molecular weight excluding hydrogens is 671 g/mol. The third kappa shape index (κ3) is 8.89. The van der Waals surface area contributed by atoms with Crippen molar-refractivity contribution in [1.82, 2.24) is 35.6 Å². The summed E-state index contributed by atoms with van der Waals surface area (Å²) in [6, 6.07) is 7.46. The molecule has 4 heterocycles. The van der Waals surface area contributed by atoms with Crippen molar-refractivity contribution < 1.29 is 24.3 Å². The van der Waals surface area contributed by atoms with E-state index in [1.54, 1.807) is 24.3 Å². The summed E-state index contributed by atoms with van der Waals surface area (Å²) in [7, 11) is 0. The molecular formula is C36H49N9O5S. The molecule has 2 saturated heterocycles. The van der Waals surface area contributed by atoms with Gasteiger partial charge in [0.2, 0.25) is 17.7 Å². The third-order valence-electron chi connectivity index (χ3n) is 9.55. The summed E-state index contributed by atoms with van der Waals surface area (Å²) in [4.78, 5) is 64.1. The number of ketones is 1. The number of nitrogens with two attached hydrogens (primary N) is 1. The summed E-state index contributed by atoms with van der Waals surface area (Å²) >= 11 is 1.58. The first-order valence-electron chi connectivity index (χ1n) is 17.4. The van der Waals surface area contributed by atoms with Gasteiger partial charge in [-0.3, -0.25) is 24.1 Å². The van der Waals surface area contributed by atoms with E-state index in [0.717, 1.165) is 21.7 Å². The van der Waals surface area contributed by atoms with E-state index in [4.69, 9.17) is 5.73 Å². The number of aliphatic hydroxyl groups excluding tert-OH is 1. The number of hydrogen-bond donors (Lipinski definition) is 4. The summed E-state index contributed by atoms with van der Waals surface area (Å²) in [6.45, 7) is 13.5. The Labute approximate surface area is 302 Å². The molecule has 4 atom stereocenters. The maximum absolute atomic E-state index is 14.1. The van der Waals surface area contributed by atoms with E-state index < -0.39 is 29.5 Å². The molecule has 5 rings (SSSR count). The second kappa shape index (κ2) is 15.8. The number of benzene rings is 1. The largest absolute Gasteiger partial charge is 0.391 e. The van der Waals surface area contributed by atoms with Crippen LogP contribution in [-0.2, 0) is 14.4 Å². The number of thiazole rings is 1. The second-order valence-corrected chi connectivity index (χ2v) is 15.3. The fourth-order valence-corrected chi connectivity index (χ4v) is 7.35. The number of piperazine rings is 1. The molecule has 3 amide bonds. The van der Waals surface area contributed by atoms with Gasteiger partial charge in [0.05, 0.1) is 40.5 Å². The maximum Gasteiger partial charge on any atom is 0.246 e. The van der Waals surface area contributed by atoms with Gasteiger partial charge in [-0.05, 0) is 36.5 Å². The first-order chi connectivity index (χ1) is 24.2. The average molecular weight is 720 g/mol. The van der Waals surface area contributed by atoms with E-state index in [2.05, 4.69) is 25.8 Å². The van der Waals surface area contributed by atoms with Crippen LogP contribution in [0.2, 0.25) is 0 Å². The van der Waals surface area contributed by atoms with Crippen molar-refractivity contribution in [2.24, 2.45) is 5.41 Å². The molecule has 2 aliphatic heterocycles. The van der Waals surface area contributed by atoms with Crippen molar-refractivity contribution >= 4 is 46.3 Å². The Morgan fingerprint density at radius 2 is 1.75 bits per heavy atom. The molecule has 0 unspecified atom stereocenters. The quantitative estimate of drug-likeness (QED) is 0.214. The summed E-state index contributed by atoms with van der Waals surface area (Å²) in [6.07, 6.45) is -0.446. The van der Waals surface area contributed by atoms with Gasteiger partial charge in [0, 0.05) is 45.6 Å². The van der Waals surface area contributed by atoms with Crippen LogP contribution in [0.5, 0.6) is 0 Å². The Bertz CT molecular complexity index is 1730. The van der Waals surface area contributed by atoms with Crippen molar-refractivity contribution in [2.45, 2.75) is 78.6 Å². The van der Waals surface area contributed by atoms with Crippen LogP contribution in [0, 0.1) is 12.3 Å². The second-order valence-electron chi connectivity index (χ2n) is 14.4. The summed E-state index contributed by atoms with van der Waals surface area (Å²) in [5.41, 5.74) is 11.1. The Morgan fingerprint density at radius 1 is 1.06 bits per heavy atom. The van der Waals surface area contributed by atoms with Crippen LogP contribution in [0.4, 0.5) is 11.5 Å². The zero-order valence-electron chi connectivity index (χ0n) is 30.2. The Morgan fingerprint density at radius 3 is 2.35 bits per heavy atom. The highest BCUT2D eigenvalue weighted by Crippen LogP contribution is 2.30. The van der Waals surface area contributed by atoms with Crippen molar-refractivity contribution in [2.75, 3.05) is 49.9 Å². The van der Waals surface area contributed by atoms with Gasteiger partial charge >= 0.3 is 0 Å². The summed E-state index contributed by atoms with van der Waals surface area (Å²) < 4.78 is 0. The van der Waals surface area contributed by atoms with Crippen LogP contribution < -0.4 is 21.3 Å². The first kappa shape index (κ1) is 37.8. The monoisotopic (exact) mass is 719 g/mol. The average Bonchev–Trinajstić information content (AvgIpc) is 3.72. The fraction of sp³-hybridized carbons (Fsp3) is 0.528. The number of aromatic nitrogens is 3. The highest BCUT2D eigenvalue weighted by atomic mass is 32.1. The van der Waals surface area contributed by atoms with Gasteiger partial charge in [-0.25, -0.2) is 4.98 Å². The highest BCUT2D eigenvalue weighted by molar-refractivity contribution is 7.13. The Hall–Kier alpha value is -4.47. The zero-order valence-corrected chi connectivity index (χ0v) is 31.0. The SMILES string of the molecule is CCC(=O)c1cc(N2CCN(CC(=O)N[C@H](C(=O)N3C[C@H](O)C[C@H]3C(=O)N[C@@H](C)c3ccc(-c4scnc4C)cc3)C(C)(C)C)CC2)c(N)nn1. The van der Waals surface area contributed by atoms with E-state index in [1.165, 1.54) is 4.90 Å². The third-order valence-corrected chi connectivity index (χ3v) is 10.5. The number of Topliss-reactive ketones (excluding diaryl/α,β-unsaturated/α-hetero) is 1. The van der Waals surface area contributed by atoms with E-state index >= 15 is 0 Å². The Kier molecular flexibility index (Phi) is 11.7. The lowest BCUT2D eigenvalue weighted by molar-refractivity contribution is -0.144. The van der Waals surface area contributed by atoms with E-state index in [9.17, 15) is 24.3 Å². The van der Waals surface area contributed by atoms with E-state index in [-0.39, 0.29) is 54.7 Å². The molecule has 1 aromatic carbocycles. The molecule has 0 saturated carbocycles. The topological polar surface area (TPSA) is 187 Å². The lowest BCUT2D eigenvalue weighted by Gasteiger charge is -2.38. The number of carbonyl (C=O) groups is 4. The zero-order chi connectivity index (χ0) is 37.0. The van der Waals surface area contributed by atoms with Crippen molar-refractivity contribution in [3.63, 3.8) is 0 Å². The molecule has 0 aliphatic carbocycles. The number of amides is 3. The van der Waals surface area contributed by atoms with E-state index in [0.29, 0.717) is 38.3 Å². The minimum Gasteiger partial charge on any atom is -0.391 e. The molecule has 274 valence electrons. The number of carbonyl (C=O) groups excluding carboxylic acids is 4. The molecule has 0 spiro atoms. The van der Waals surface area contributed by atoms with Gasteiger partial charge in [-0.2, -0.15) is 0 Å². The molecule has 0 radical (unpaired) electrons. The molecule has 5 N–H and O–H groups in total. The smallest absolute Gasteiger partial charge is 0.246 e. The van der Waals surface area contributed by atoms with Crippen molar-refractivity contribution in [3.05, 3.63) is 52.8 Å². The van der Waals surface area contributed by atoms with Crippen LogP contribution in [0.3, 0.4) is 0 Å². The summed E-state index contributed by atoms with van der Waals surface area (Å²) in [5, 5.41) is 24.5. The molecule has 3 aromatic rings. The number of nitrogens with zero attached hydrogens (tertiary/aromatic N) is 6. The predicted octanol–water partition coefficient (Wildman–Crippen LogP) is 2.58. The predicted molar refractivity (Wildman–Crippen MR) is 196 cm³/mol. The van der Waals surface area contributed by atoms with Gasteiger partial charge in [0.15, 0.2) is 11.6 Å². The first-order valence-corrected chi connectivity index (χ1v) is 18.3. The van der Waals surface area contributed by atoms with Crippen LogP contribution in [0.25, 0.3) is 10.4 Å². The number of nitrogens with one attached hydrogen (secondary N) is 2. The molecule has 2 fully saturated rings. The molecule has 14 nitrogen and oxygen atoms in total. The number of aryl methyl sites for hydroxylation is 1. The van der Waals surface area contributed by atoms with Crippen LogP contribution in [0.1, 0.15) is 75.2 Å². The molecule has 2 aromatic heterocycles. The normalized spacial score (nSPS) is 19.4. The summed E-state index contributed by atoms with van der Waals surface area (Å²) in [5.74, 6) is -0.958. The van der Waals surface area contributed by atoms with Gasteiger partial charge in [0.1, 0.15) is 17.8 Å². The minimum atomic E-state index is -0.927. The highest BCUT2D eigenvalue weighted by Gasteiger charge is 2.45. The number of hydrogen-bond acceptors (Lipinski definition) is 12. The molecule has 2 aliphatic rings. The van der Waals surface area contributed by atoms with Gasteiger partial charge in [0.25, 0.3) is 0 Å².